The first-order valence-electron chi connectivity index (χ1n) is 3.68. The van der Waals surface area contributed by atoms with Crippen LogP contribution >= 0.6 is 27.7 Å². The number of nitrogens with zero attached hydrogens (tertiary/aromatic N) is 1. The number of nitrogens with one attached hydrogen (secondary N) is 1. The Balaban J connectivity index is 2.46. The zero-order valence-corrected chi connectivity index (χ0v) is 9.46. The molecule has 0 unspecified atom stereocenters. The zero-order valence-electron chi connectivity index (χ0n) is 7.06. The predicted molar refractivity (Wildman–Crippen MR) is 55.9 cm³/mol. The maximum Gasteiger partial charge on any atom is 0.242 e. The number of amides is 1. The summed E-state index contributed by atoms with van der Waals surface area (Å²) in [6.45, 7) is 4.42. The van der Waals surface area contributed by atoms with Gasteiger partial charge in [0.05, 0.1) is 10.9 Å². The van der Waals surface area contributed by atoms with Gasteiger partial charge in [0.15, 0.2) is 5.17 Å². The molecule has 0 spiro atoms. The largest absolute Gasteiger partial charge is 0.304 e. The second-order valence-electron chi connectivity index (χ2n) is 2.96. The first kappa shape index (κ1) is 10.1. The van der Waals surface area contributed by atoms with Crippen molar-refractivity contribution in [2.45, 2.75) is 18.2 Å². The van der Waals surface area contributed by atoms with Gasteiger partial charge < -0.3 is 5.32 Å². The van der Waals surface area contributed by atoms with Crippen LogP contribution in [-0.2, 0) is 4.79 Å². The van der Waals surface area contributed by atoms with Crippen LogP contribution in [0.5, 0.6) is 0 Å². The first-order chi connectivity index (χ1) is 5.50. The number of amidine groups is 1. The lowest BCUT2D eigenvalue weighted by atomic mass is 10.2. The molecule has 0 aliphatic carbocycles. The summed E-state index contributed by atoms with van der Waals surface area (Å²) in [6.07, 6.45) is 0. The molecule has 1 amide bonds. The Kier molecular flexibility index (Phi) is 3.17. The van der Waals surface area contributed by atoms with Gasteiger partial charge in [0.2, 0.25) is 5.91 Å². The van der Waals surface area contributed by atoms with E-state index in [4.69, 9.17) is 0 Å². The molecule has 1 heterocycles. The number of hydrogen-bond acceptors (Lipinski definition) is 3. The molecule has 0 aromatic carbocycles. The molecular formula is C7H11BrN2OS. The van der Waals surface area contributed by atoms with Crippen molar-refractivity contribution < 1.29 is 4.79 Å². The fourth-order valence-corrected chi connectivity index (χ4v) is 1.48. The smallest absolute Gasteiger partial charge is 0.242 e. The molecular weight excluding hydrogens is 240 g/mol. The number of hydrogen-bond donors (Lipinski definition) is 1. The molecule has 5 heteroatoms. The van der Waals surface area contributed by atoms with E-state index in [1.54, 1.807) is 11.8 Å². The topological polar surface area (TPSA) is 41.5 Å². The van der Waals surface area contributed by atoms with E-state index in [1.807, 2.05) is 13.8 Å². The molecule has 0 atom stereocenters. The third kappa shape index (κ3) is 2.79. The molecule has 3 nitrogen and oxygen atoms in total. The van der Waals surface area contributed by atoms with Gasteiger partial charge in [-0.3, -0.25) is 9.79 Å². The van der Waals surface area contributed by atoms with Crippen molar-refractivity contribution in [3.05, 3.63) is 0 Å². The van der Waals surface area contributed by atoms with E-state index in [0.717, 1.165) is 17.5 Å². The average Bonchev–Trinajstić information content (AvgIpc) is 2.37. The summed E-state index contributed by atoms with van der Waals surface area (Å²) in [4.78, 5) is 15.5. The van der Waals surface area contributed by atoms with Gasteiger partial charge in [-0.15, -0.1) is 0 Å². The van der Waals surface area contributed by atoms with Gasteiger partial charge in [-0.25, -0.2) is 0 Å². The van der Waals surface area contributed by atoms with Crippen molar-refractivity contribution in [2.75, 3.05) is 12.3 Å². The summed E-state index contributed by atoms with van der Waals surface area (Å²) >= 11 is 4.86. The molecule has 1 aliphatic heterocycles. The van der Waals surface area contributed by atoms with Crippen LogP contribution in [0.2, 0.25) is 0 Å². The summed E-state index contributed by atoms with van der Waals surface area (Å²) in [5, 5.41) is 3.49. The van der Waals surface area contributed by atoms with E-state index in [0.29, 0.717) is 0 Å². The second-order valence-corrected chi connectivity index (χ2v) is 6.03. The summed E-state index contributed by atoms with van der Waals surface area (Å²) < 4.78 is -0.515. The van der Waals surface area contributed by atoms with Crippen LogP contribution in [0.4, 0.5) is 0 Å². The van der Waals surface area contributed by atoms with Crippen molar-refractivity contribution >= 4 is 38.8 Å². The summed E-state index contributed by atoms with van der Waals surface area (Å²) in [7, 11) is 0. The molecule has 0 saturated heterocycles. The molecule has 0 fully saturated rings. The first-order valence-corrected chi connectivity index (χ1v) is 5.45. The van der Waals surface area contributed by atoms with Crippen molar-refractivity contribution in [1.29, 1.82) is 0 Å². The Labute approximate surface area is 84.5 Å². The van der Waals surface area contributed by atoms with Gasteiger partial charge in [0, 0.05) is 5.75 Å². The summed E-state index contributed by atoms with van der Waals surface area (Å²) in [5.74, 6) is 0.925. The van der Waals surface area contributed by atoms with Gasteiger partial charge in [-0.1, -0.05) is 27.7 Å². The molecule has 1 aliphatic rings. The molecule has 0 bridgehead atoms. The summed E-state index contributed by atoms with van der Waals surface area (Å²) in [6, 6.07) is 0. The number of carbonyl (C=O) groups excluding carboxylic acids is 1. The van der Waals surface area contributed by atoms with Crippen molar-refractivity contribution in [1.82, 2.24) is 5.32 Å². The average molecular weight is 251 g/mol. The lowest BCUT2D eigenvalue weighted by Crippen LogP contribution is -2.39. The maximum atomic E-state index is 11.4. The third-order valence-electron chi connectivity index (χ3n) is 1.35. The number of carbonyl (C=O) groups is 1. The Hall–Kier alpha value is -0.0300. The Morgan fingerprint density at radius 3 is 2.83 bits per heavy atom. The van der Waals surface area contributed by atoms with E-state index in [2.05, 4.69) is 26.2 Å². The summed E-state index contributed by atoms with van der Waals surface area (Å²) in [5.41, 5.74) is 0. The predicted octanol–water partition coefficient (Wildman–Crippen LogP) is 1.38. The van der Waals surface area contributed by atoms with Crippen molar-refractivity contribution in [3.8, 4) is 0 Å². The number of rotatable bonds is 1. The van der Waals surface area contributed by atoms with Crippen LogP contribution in [0.3, 0.4) is 0 Å². The van der Waals surface area contributed by atoms with Gasteiger partial charge in [0.25, 0.3) is 0 Å². The van der Waals surface area contributed by atoms with Gasteiger partial charge >= 0.3 is 0 Å². The minimum Gasteiger partial charge on any atom is -0.304 e. The highest BCUT2D eigenvalue weighted by molar-refractivity contribution is 9.10. The SMILES string of the molecule is CC(C)(Br)C(=O)NC1=NCCS1. The Bertz CT molecular complexity index is 222. The monoisotopic (exact) mass is 250 g/mol. The van der Waals surface area contributed by atoms with E-state index >= 15 is 0 Å². The minimum absolute atomic E-state index is 0.0457. The molecule has 1 N–H and O–H groups in total. The maximum absolute atomic E-state index is 11.4. The second kappa shape index (κ2) is 3.79. The van der Waals surface area contributed by atoms with Crippen LogP contribution in [0, 0.1) is 0 Å². The quantitative estimate of drug-likeness (QED) is 0.715. The van der Waals surface area contributed by atoms with E-state index in [-0.39, 0.29) is 5.91 Å². The lowest BCUT2D eigenvalue weighted by molar-refractivity contribution is -0.121. The van der Waals surface area contributed by atoms with Crippen LogP contribution in [0.1, 0.15) is 13.8 Å². The van der Waals surface area contributed by atoms with Gasteiger partial charge in [-0.2, -0.15) is 0 Å². The molecule has 0 radical (unpaired) electrons. The minimum atomic E-state index is -0.515. The Morgan fingerprint density at radius 2 is 2.42 bits per heavy atom. The number of thioether (sulfide) groups is 1. The lowest BCUT2D eigenvalue weighted by Gasteiger charge is -2.14. The molecule has 0 aromatic heterocycles. The molecule has 0 aromatic rings. The molecule has 1 rings (SSSR count). The Morgan fingerprint density at radius 1 is 1.75 bits per heavy atom. The highest BCUT2D eigenvalue weighted by Gasteiger charge is 2.25. The standard InChI is InChI=1S/C7H11BrN2OS/c1-7(2,8)5(11)10-6-9-3-4-12-6/h3-4H2,1-2H3,(H,9,10,11). The van der Waals surface area contributed by atoms with Gasteiger partial charge in [0.1, 0.15) is 0 Å². The highest BCUT2D eigenvalue weighted by atomic mass is 79.9. The van der Waals surface area contributed by atoms with Crippen LogP contribution in [0.15, 0.2) is 4.99 Å². The zero-order chi connectivity index (χ0) is 9.19. The molecule has 68 valence electrons. The van der Waals surface area contributed by atoms with Crippen LogP contribution in [0.25, 0.3) is 0 Å². The molecule has 0 saturated carbocycles. The van der Waals surface area contributed by atoms with Crippen LogP contribution in [-0.4, -0.2) is 27.7 Å². The fourth-order valence-electron chi connectivity index (χ4n) is 0.657. The number of aliphatic imine (C=N–C) groups is 1. The molecule has 12 heavy (non-hydrogen) atoms. The fraction of sp³-hybridized carbons (Fsp3) is 0.714. The van der Waals surface area contributed by atoms with Crippen molar-refractivity contribution in [2.24, 2.45) is 4.99 Å². The third-order valence-corrected chi connectivity index (χ3v) is 2.60. The number of alkyl halides is 1. The van der Waals surface area contributed by atoms with E-state index in [1.165, 1.54) is 0 Å². The van der Waals surface area contributed by atoms with Crippen molar-refractivity contribution in [3.63, 3.8) is 0 Å². The number of halogens is 1. The highest BCUT2D eigenvalue weighted by Crippen LogP contribution is 2.17. The van der Waals surface area contributed by atoms with E-state index < -0.39 is 4.32 Å². The van der Waals surface area contributed by atoms with Gasteiger partial charge in [-0.05, 0) is 13.8 Å². The normalized spacial score (nSPS) is 17.4. The van der Waals surface area contributed by atoms with Crippen LogP contribution < -0.4 is 5.32 Å². The van der Waals surface area contributed by atoms with E-state index in [9.17, 15) is 4.79 Å².